The van der Waals surface area contributed by atoms with Crippen molar-refractivity contribution < 1.29 is 9.90 Å². The van der Waals surface area contributed by atoms with E-state index in [1.807, 2.05) is 30.3 Å². The molecular weight excluding hydrogens is 322 g/mol. The van der Waals surface area contributed by atoms with E-state index in [0.717, 1.165) is 5.56 Å². The van der Waals surface area contributed by atoms with Gasteiger partial charge in [0.25, 0.3) is 0 Å². The Morgan fingerprint density at radius 3 is 2.42 bits per heavy atom. The Morgan fingerprint density at radius 1 is 0.958 bits per heavy atom. The minimum Gasteiger partial charge on any atom is -0.508 e. The van der Waals surface area contributed by atoms with Crippen LogP contribution in [0, 0.1) is 0 Å². The number of anilines is 1. The van der Waals surface area contributed by atoms with Crippen molar-refractivity contribution >= 4 is 23.1 Å². The Kier molecular flexibility index (Phi) is 4.82. The normalized spacial score (nSPS) is 10.4. The third-order valence-electron chi connectivity index (χ3n) is 3.72. The minimum absolute atomic E-state index is 0.0992. The van der Waals surface area contributed by atoms with Crippen molar-refractivity contribution in [2.24, 2.45) is 0 Å². The Balaban J connectivity index is 1.89. The van der Waals surface area contributed by atoms with Crippen LogP contribution in [0.15, 0.2) is 72.8 Å². The molecule has 0 aliphatic carbocycles. The fraction of sp³-hybridized carbons (Fsp3) is 0.0500. The number of nitrogens with one attached hydrogen (secondary N) is 1. The van der Waals surface area contributed by atoms with Crippen molar-refractivity contribution in [2.45, 2.75) is 6.54 Å². The van der Waals surface area contributed by atoms with Gasteiger partial charge >= 0.3 is 0 Å². The van der Waals surface area contributed by atoms with Gasteiger partial charge in [0, 0.05) is 33.9 Å². The third-order valence-corrected chi connectivity index (χ3v) is 3.96. The second-order valence-corrected chi connectivity index (χ2v) is 5.80. The lowest BCUT2D eigenvalue weighted by atomic mass is 10.0. The number of halogens is 1. The monoisotopic (exact) mass is 337 g/mol. The number of aromatic hydroxyl groups is 1. The molecule has 0 aliphatic heterocycles. The standard InChI is InChI=1S/C20H16ClNO2/c21-16-10-11-18(22-13-15-8-4-5-9-19(15)23)17(12-16)20(24)14-6-2-1-3-7-14/h1-12,22-23H,13H2. The average Bonchev–Trinajstić information content (AvgIpc) is 2.62. The largest absolute Gasteiger partial charge is 0.508 e. The lowest BCUT2D eigenvalue weighted by Gasteiger charge is -2.13. The lowest BCUT2D eigenvalue weighted by Crippen LogP contribution is -2.08. The highest BCUT2D eigenvalue weighted by molar-refractivity contribution is 6.31. The molecule has 0 amide bonds. The maximum Gasteiger partial charge on any atom is 0.195 e. The van der Waals surface area contributed by atoms with Crippen molar-refractivity contribution in [1.29, 1.82) is 0 Å². The average molecular weight is 338 g/mol. The summed E-state index contributed by atoms with van der Waals surface area (Å²) in [5.74, 6) is 0.118. The molecule has 0 aliphatic rings. The molecule has 3 aromatic carbocycles. The Labute approximate surface area is 145 Å². The summed E-state index contributed by atoms with van der Waals surface area (Å²) in [7, 11) is 0. The first-order valence-electron chi connectivity index (χ1n) is 7.55. The summed E-state index contributed by atoms with van der Waals surface area (Å²) in [6.07, 6.45) is 0. The van der Waals surface area contributed by atoms with Gasteiger partial charge in [0.2, 0.25) is 0 Å². The van der Waals surface area contributed by atoms with Crippen LogP contribution >= 0.6 is 11.6 Å². The van der Waals surface area contributed by atoms with Gasteiger partial charge in [-0.05, 0) is 24.3 Å². The van der Waals surface area contributed by atoms with Crippen LogP contribution in [0.25, 0.3) is 0 Å². The molecule has 3 nitrogen and oxygen atoms in total. The molecule has 24 heavy (non-hydrogen) atoms. The van der Waals surface area contributed by atoms with Crippen LogP contribution in [0.1, 0.15) is 21.5 Å². The van der Waals surface area contributed by atoms with Crippen LogP contribution in [0.4, 0.5) is 5.69 Å². The number of carbonyl (C=O) groups is 1. The van der Waals surface area contributed by atoms with E-state index in [1.165, 1.54) is 0 Å². The summed E-state index contributed by atoms with van der Waals surface area (Å²) >= 11 is 6.07. The lowest BCUT2D eigenvalue weighted by molar-refractivity contribution is 0.103. The zero-order valence-electron chi connectivity index (χ0n) is 12.9. The van der Waals surface area contributed by atoms with Crippen LogP contribution in [0.5, 0.6) is 5.75 Å². The van der Waals surface area contributed by atoms with E-state index in [1.54, 1.807) is 42.5 Å². The Morgan fingerprint density at radius 2 is 1.67 bits per heavy atom. The summed E-state index contributed by atoms with van der Waals surface area (Å²) in [6, 6.07) is 21.3. The van der Waals surface area contributed by atoms with Crippen molar-refractivity contribution in [3.8, 4) is 5.75 Å². The molecule has 2 N–H and O–H groups in total. The van der Waals surface area contributed by atoms with Crippen LogP contribution in [-0.2, 0) is 6.54 Å². The number of para-hydroxylation sites is 1. The van der Waals surface area contributed by atoms with E-state index in [9.17, 15) is 9.90 Å². The van der Waals surface area contributed by atoms with E-state index in [-0.39, 0.29) is 11.5 Å². The number of phenolic OH excluding ortho intramolecular Hbond substituents is 1. The highest BCUT2D eigenvalue weighted by atomic mass is 35.5. The van der Waals surface area contributed by atoms with Crippen molar-refractivity contribution in [3.63, 3.8) is 0 Å². The maximum absolute atomic E-state index is 12.7. The first-order chi connectivity index (χ1) is 11.6. The fourth-order valence-corrected chi connectivity index (χ4v) is 2.63. The SMILES string of the molecule is O=C(c1ccccc1)c1cc(Cl)ccc1NCc1ccccc1O. The molecule has 0 bridgehead atoms. The molecule has 3 aromatic rings. The predicted octanol–water partition coefficient (Wildman–Crippen LogP) is 4.89. The van der Waals surface area contributed by atoms with Gasteiger partial charge in [0.05, 0.1) is 0 Å². The smallest absolute Gasteiger partial charge is 0.195 e. The molecule has 0 saturated carbocycles. The summed E-state index contributed by atoms with van der Waals surface area (Å²) < 4.78 is 0. The van der Waals surface area contributed by atoms with Gasteiger partial charge in [0.15, 0.2) is 5.78 Å². The summed E-state index contributed by atoms with van der Waals surface area (Å²) in [6.45, 7) is 0.406. The van der Waals surface area contributed by atoms with Gasteiger partial charge in [-0.2, -0.15) is 0 Å². The highest BCUT2D eigenvalue weighted by Crippen LogP contribution is 2.25. The van der Waals surface area contributed by atoms with E-state index >= 15 is 0 Å². The summed E-state index contributed by atoms with van der Waals surface area (Å²) in [4.78, 5) is 12.7. The van der Waals surface area contributed by atoms with Gasteiger partial charge in [0.1, 0.15) is 5.75 Å². The number of benzene rings is 3. The molecule has 3 rings (SSSR count). The van der Waals surface area contributed by atoms with Crippen molar-refractivity contribution in [1.82, 2.24) is 0 Å². The number of hydrogen-bond acceptors (Lipinski definition) is 3. The van der Waals surface area contributed by atoms with Crippen LogP contribution in [-0.4, -0.2) is 10.9 Å². The molecule has 4 heteroatoms. The quantitative estimate of drug-likeness (QED) is 0.652. The van der Waals surface area contributed by atoms with Crippen LogP contribution in [0.3, 0.4) is 0 Å². The molecular formula is C20H16ClNO2. The molecule has 0 saturated heterocycles. The van der Waals surface area contributed by atoms with E-state index in [4.69, 9.17) is 11.6 Å². The highest BCUT2D eigenvalue weighted by Gasteiger charge is 2.14. The number of rotatable bonds is 5. The van der Waals surface area contributed by atoms with Gasteiger partial charge in [-0.1, -0.05) is 60.1 Å². The first-order valence-corrected chi connectivity index (χ1v) is 7.93. The zero-order chi connectivity index (χ0) is 16.9. The molecule has 0 atom stereocenters. The first kappa shape index (κ1) is 16.1. The molecule has 0 heterocycles. The zero-order valence-corrected chi connectivity index (χ0v) is 13.6. The Bertz CT molecular complexity index is 863. The maximum atomic E-state index is 12.7. The third kappa shape index (κ3) is 3.58. The minimum atomic E-state index is -0.0992. The fourth-order valence-electron chi connectivity index (χ4n) is 2.45. The molecule has 0 spiro atoms. The number of hydrogen-bond donors (Lipinski definition) is 2. The number of phenols is 1. The number of carbonyl (C=O) groups excluding carboxylic acids is 1. The Hall–Kier alpha value is -2.78. The van der Waals surface area contributed by atoms with Gasteiger partial charge < -0.3 is 10.4 Å². The molecule has 0 unspecified atom stereocenters. The topological polar surface area (TPSA) is 49.3 Å². The van der Waals surface area contributed by atoms with Crippen LogP contribution < -0.4 is 5.32 Å². The number of ketones is 1. The molecule has 0 fully saturated rings. The van der Waals surface area contributed by atoms with Crippen LogP contribution in [0.2, 0.25) is 5.02 Å². The second-order valence-electron chi connectivity index (χ2n) is 5.37. The van der Waals surface area contributed by atoms with Gasteiger partial charge in [-0.15, -0.1) is 0 Å². The summed E-state index contributed by atoms with van der Waals surface area (Å²) in [5.41, 5.74) is 2.54. The van der Waals surface area contributed by atoms with E-state index in [0.29, 0.717) is 28.4 Å². The van der Waals surface area contributed by atoms with E-state index < -0.39 is 0 Å². The molecule has 0 aromatic heterocycles. The molecule has 0 radical (unpaired) electrons. The summed E-state index contributed by atoms with van der Waals surface area (Å²) in [5, 5.41) is 13.6. The van der Waals surface area contributed by atoms with Crippen molar-refractivity contribution in [3.05, 3.63) is 94.5 Å². The van der Waals surface area contributed by atoms with Gasteiger partial charge in [-0.3, -0.25) is 4.79 Å². The predicted molar refractivity (Wildman–Crippen MR) is 96.8 cm³/mol. The van der Waals surface area contributed by atoms with E-state index in [2.05, 4.69) is 5.32 Å². The second kappa shape index (κ2) is 7.20. The van der Waals surface area contributed by atoms with Gasteiger partial charge in [-0.25, -0.2) is 0 Å². The van der Waals surface area contributed by atoms with Crippen molar-refractivity contribution in [2.75, 3.05) is 5.32 Å². The molecule has 120 valence electrons.